The number of ether oxygens (including phenoxy) is 1. The molecule has 0 atom stereocenters. The standard InChI is InChI=1S/C20H21F3N2O3/c1-3-10-25(18(27)11-13-6-4-5-7-16(13)28-2)12-17(26)24-15-9-8-14(21)19(22)20(15)23/h4-9H,3,10-12H2,1-2H3,(H,24,26). The number of carbonyl (C=O) groups is 2. The van der Waals surface area contributed by atoms with Crippen LogP contribution in [-0.4, -0.2) is 36.9 Å². The Hall–Kier alpha value is -3.03. The number of carbonyl (C=O) groups excluding carboxylic acids is 2. The summed E-state index contributed by atoms with van der Waals surface area (Å²) in [6.07, 6.45) is 0.626. The molecule has 1 N–H and O–H groups in total. The van der Waals surface area contributed by atoms with E-state index in [0.29, 0.717) is 30.3 Å². The van der Waals surface area contributed by atoms with E-state index in [1.165, 1.54) is 12.0 Å². The van der Waals surface area contributed by atoms with Crippen molar-refractivity contribution in [3.63, 3.8) is 0 Å². The zero-order valence-electron chi connectivity index (χ0n) is 15.6. The van der Waals surface area contributed by atoms with Crippen LogP contribution in [0.1, 0.15) is 18.9 Å². The second kappa shape index (κ2) is 9.77. The second-order valence-corrected chi connectivity index (χ2v) is 6.08. The fraction of sp³-hybridized carbons (Fsp3) is 0.300. The summed E-state index contributed by atoms with van der Waals surface area (Å²) in [4.78, 5) is 26.2. The van der Waals surface area contributed by atoms with Crippen LogP contribution < -0.4 is 10.1 Å². The third-order valence-electron chi connectivity index (χ3n) is 4.02. The summed E-state index contributed by atoms with van der Waals surface area (Å²) in [5, 5.41) is 2.17. The highest BCUT2D eigenvalue weighted by molar-refractivity contribution is 5.95. The number of para-hydroxylation sites is 1. The zero-order valence-corrected chi connectivity index (χ0v) is 15.6. The molecule has 0 saturated carbocycles. The monoisotopic (exact) mass is 394 g/mol. The maximum absolute atomic E-state index is 13.7. The van der Waals surface area contributed by atoms with Gasteiger partial charge in [-0.25, -0.2) is 13.2 Å². The Morgan fingerprint density at radius 3 is 2.46 bits per heavy atom. The molecule has 0 aliphatic rings. The van der Waals surface area contributed by atoms with Gasteiger partial charge in [0.2, 0.25) is 11.8 Å². The van der Waals surface area contributed by atoms with Crippen molar-refractivity contribution in [2.45, 2.75) is 19.8 Å². The van der Waals surface area contributed by atoms with Gasteiger partial charge in [0.05, 0.1) is 25.8 Å². The van der Waals surface area contributed by atoms with E-state index in [4.69, 9.17) is 4.74 Å². The molecular formula is C20H21F3N2O3. The van der Waals surface area contributed by atoms with Crippen molar-refractivity contribution in [1.29, 1.82) is 0 Å². The van der Waals surface area contributed by atoms with E-state index >= 15 is 0 Å². The Kier molecular flexibility index (Phi) is 7.43. The van der Waals surface area contributed by atoms with Crippen LogP contribution in [0.3, 0.4) is 0 Å². The van der Waals surface area contributed by atoms with Crippen LogP contribution in [0.15, 0.2) is 36.4 Å². The zero-order chi connectivity index (χ0) is 20.7. The molecule has 150 valence electrons. The minimum absolute atomic E-state index is 0.0246. The van der Waals surface area contributed by atoms with E-state index in [1.807, 2.05) is 6.92 Å². The molecule has 0 fully saturated rings. The van der Waals surface area contributed by atoms with Gasteiger partial charge in [0.1, 0.15) is 5.75 Å². The molecule has 2 amide bonds. The first-order chi connectivity index (χ1) is 13.4. The molecule has 8 heteroatoms. The summed E-state index contributed by atoms with van der Waals surface area (Å²) < 4.78 is 45.2. The number of halogens is 3. The third kappa shape index (κ3) is 5.25. The first-order valence-corrected chi connectivity index (χ1v) is 8.70. The van der Waals surface area contributed by atoms with E-state index in [9.17, 15) is 22.8 Å². The van der Waals surface area contributed by atoms with E-state index in [-0.39, 0.29) is 18.9 Å². The number of rotatable bonds is 8. The highest BCUT2D eigenvalue weighted by atomic mass is 19.2. The lowest BCUT2D eigenvalue weighted by molar-refractivity contribution is -0.134. The van der Waals surface area contributed by atoms with Crippen molar-refractivity contribution < 1.29 is 27.5 Å². The smallest absolute Gasteiger partial charge is 0.244 e. The van der Waals surface area contributed by atoms with Gasteiger partial charge in [-0.1, -0.05) is 25.1 Å². The number of amides is 2. The Morgan fingerprint density at radius 1 is 1.07 bits per heavy atom. The summed E-state index contributed by atoms with van der Waals surface area (Å²) in [6, 6.07) is 8.66. The van der Waals surface area contributed by atoms with E-state index in [2.05, 4.69) is 5.32 Å². The number of nitrogens with zero attached hydrogens (tertiary/aromatic N) is 1. The molecule has 0 spiro atoms. The predicted octanol–water partition coefficient (Wildman–Crippen LogP) is 3.53. The van der Waals surface area contributed by atoms with Crippen LogP contribution in [0.5, 0.6) is 5.75 Å². The summed E-state index contributed by atoms with van der Waals surface area (Å²) >= 11 is 0. The van der Waals surface area contributed by atoms with Crippen LogP contribution in [0, 0.1) is 17.5 Å². The summed E-state index contributed by atoms with van der Waals surface area (Å²) in [5.74, 6) is -4.99. The molecule has 0 unspecified atom stereocenters. The van der Waals surface area contributed by atoms with Crippen LogP contribution >= 0.6 is 0 Å². The van der Waals surface area contributed by atoms with Crippen molar-refractivity contribution >= 4 is 17.5 Å². The lowest BCUT2D eigenvalue weighted by Crippen LogP contribution is -2.39. The molecule has 0 heterocycles. The van der Waals surface area contributed by atoms with Crippen molar-refractivity contribution in [3.8, 4) is 5.75 Å². The van der Waals surface area contributed by atoms with E-state index in [1.54, 1.807) is 24.3 Å². The molecule has 0 saturated heterocycles. The Balaban J connectivity index is 2.08. The third-order valence-corrected chi connectivity index (χ3v) is 4.02. The van der Waals surface area contributed by atoms with Crippen molar-refractivity contribution in [2.24, 2.45) is 0 Å². The van der Waals surface area contributed by atoms with Crippen LogP contribution in [-0.2, 0) is 16.0 Å². The Bertz CT molecular complexity index is 859. The summed E-state index contributed by atoms with van der Waals surface area (Å²) in [7, 11) is 1.50. The summed E-state index contributed by atoms with van der Waals surface area (Å²) in [6.45, 7) is 1.80. The van der Waals surface area contributed by atoms with Crippen molar-refractivity contribution in [3.05, 3.63) is 59.4 Å². The Morgan fingerprint density at radius 2 is 1.79 bits per heavy atom. The van der Waals surface area contributed by atoms with E-state index < -0.39 is 29.0 Å². The fourth-order valence-corrected chi connectivity index (χ4v) is 2.67. The van der Waals surface area contributed by atoms with Gasteiger partial charge in [-0.15, -0.1) is 0 Å². The SMILES string of the molecule is CCCN(CC(=O)Nc1ccc(F)c(F)c1F)C(=O)Cc1ccccc1OC. The molecule has 0 aromatic heterocycles. The number of benzene rings is 2. The van der Waals surface area contributed by atoms with Gasteiger partial charge in [0, 0.05) is 12.1 Å². The molecule has 28 heavy (non-hydrogen) atoms. The minimum atomic E-state index is -1.67. The quantitative estimate of drug-likeness (QED) is 0.697. The molecule has 2 aromatic carbocycles. The average Bonchev–Trinajstić information content (AvgIpc) is 2.68. The first-order valence-electron chi connectivity index (χ1n) is 8.70. The van der Waals surface area contributed by atoms with Gasteiger partial charge >= 0.3 is 0 Å². The van der Waals surface area contributed by atoms with Crippen molar-refractivity contribution in [1.82, 2.24) is 4.90 Å². The Labute approximate surface area is 161 Å². The van der Waals surface area contributed by atoms with Gasteiger partial charge in [0.25, 0.3) is 0 Å². The minimum Gasteiger partial charge on any atom is -0.496 e. The molecule has 0 bridgehead atoms. The maximum atomic E-state index is 13.7. The number of anilines is 1. The van der Waals surface area contributed by atoms with Gasteiger partial charge < -0.3 is 15.0 Å². The average molecular weight is 394 g/mol. The van der Waals surface area contributed by atoms with Crippen LogP contribution in [0.25, 0.3) is 0 Å². The normalized spacial score (nSPS) is 10.5. The second-order valence-electron chi connectivity index (χ2n) is 6.08. The number of hydrogen-bond donors (Lipinski definition) is 1. The number of nitrogens with one attached hydrogen (secondary N) is 1. The number of hydrogen-bond acceptors (Lipinski definition) is 3. The van der Waals surface area contributed by atoms with Gasteiger partial charge in [-0.3, -0.25) is 9.59 Å². The summed E-state index contributed by atoms with van der Waals surface area (Å²) in [5.41, 5.74) is 0.181. The molecular weight excluding hydrogens is 373 g/mol. The van der Waals surface area contributed by atoms with E-state index in [0.717, 1.165) is 6.07 Å². The molecule has 5 nitrogen and oxygen atoms in total. The fourth-order valence-electron chi connectivity index (χ4n) is 2.67. The highest BCUT2D eigenvalue weighted by Crippen LogP contribution is 2.20. The highest BCUT2D eigenvalue weighted by Gasteiger charge is 2.20. The predicted molar refractivity (Wildman–Crippen MR) is 98.5 cm³/mol. The van der Waals surface area contributed by atoms with Gasteiger partial charge in [-0.05, 0) is 24.6 Å². The number of methoxy groups -OCH3 is 1. The largest absolute Gasteiger partial charge is 0.496 e. The molecule has 0 aliphatic heterocycles. The van der Waals surface area contributed by atoms with Gasteiger partial charge in [-0.2, -0.15) is 0 Å². The molecule has 0 radical (unpaired) electrons. The van der Waals surface area contributed by atoms with Crippen LogP contribution in [0.2, 0.25) is 0 Å². The maximum Gasteiger partial charge on any atom is 0.244 e. The lowest BCUT2D eigenvalue weighted by Gasteiger charge is -2.22. The lowest BCUT2D eigenvalue weighted by atomic mass is 10.1. The molecule has 0 aliphatic carbocycles. The molecule has 2 rings (SSSR count). The van der Waals surface area contributed by atoms with Crippen LogP contribution in [0.4, 0.5) is 18.9 Å². The topological polar surface area (TPSA) is 58.6 Å². The first kappa shape index (κ1) is 21.3. The molecule has 2 aromatic rings. The van der Waals surface area contributed by atoms with Crippen molar-refractivity contribution in [2.75, 3.05) is 25.5 Å². The van der Waals surface area contributed by atoms with Gasteiger partial charge in [0.15, 0.2) is 17.5 Å².